The van der Waals surface area contributed by atoms with Crippen LogP contribution in [0.3, 0.4) is 0 Å². The Balaban J connectivity index is 2.58. The molecule has 0 unspecified atom stereocenters. The first-order valence-electron chi connectivity index (χ1n) is 5.85. The van der Waals surface area contributed by atoms with E-state index >= 15 is 0 Å². The van der Waals surface area contributed by atoms with Crippen molar-refractivity contribution in [3.63, 3.8) is 0 Å². The molecule has 2 N–H and O–H groups in total. The van der Waals surface area contributed by atoms with E-state index in [4.69, 9.17) is 5.73 Å². The predicted molar refractivity (Wildman–Crippen MR) is 74.2 cm³/mol. The Kier molecular flexibility index (Phi) is 5.35. The number of nitrogens with two attached hydrogens (primary N) is 1. The fourth-order valence-electron chi connectivity index (χ4n) is 1.61. The van der Waals surface area contributed by atoms with Crippen LogP contribution in [0.1, 0.15) is 19.4 Å². The van der Waals surface area contributed by atoms with Gasteiger partial charge in [-0.2, -0.15) is 0 Å². The third-order valence-corrected chi connectivity index (χ3v) is 3.71. The lowest BCUT2D eigenvalue weighted by molar-refractivity contribution is -0.127. The van der Waals surface area contributed by atoms with Gasteiger partial charge in [0.05, 0.1) is 5.75 Å². The predicted octanol–water partition coefficient (Wildman–Crippen LogP) is 2.54. The van der Waals surface area contributed by atoms with Crippen LogP contribution >= 0.6 is 11.8 Å². The van der Waals surface area contributed by atoms with Gasteiger partial charge >= 0.3 is 0 Å². The molecule has 0 aromatic heterocycles. The highest BCUT2D eigenvalue weighted by atomic mass is 32.2. The number of anilines is 1. The number of carbonyl (C=O) groups is 1. The molecule has 0 saturated carbocycles. The standard InChI is InChI=1S/C13H20N2OS/c1-4-15(5-2)13(16)9-17-12-7-6-10(3)8-11(12)14/h6-8H,4-5,9,14H2,1-3H3. The van der Waals surface area contributed by atoms with Gasteiger partial charge in [-0.3, -0.25) is 4.79 Å². The van der Waals surface area contributed by atoms with E-state index in [-0.39, 0.29) is 5.91 Å². The normalized spacial score (nSPS) is 10.3. The maximum absolute atomic E-state index is 11.8. The molecule has 94 valence electrons. The largest absolute Gasteiger partial charge is 0.398 e. The van der Waals surface area contributed by atoms with Gasteiger partial charge in [0.2, 0.25) is 5.91 Å². The van der Waals surface area contributed by atoms with Gasteiger partial charge < -0.3 is 10.6 Å². The molecular formula is C13H20N2OS. The Morgan fingerprint density at radius 2 is 2.00 bits per heavy atom. The number of rotatable bonds is 5. The minimum atomic E-state index is 0.167. The monoisotopic (exact) mass is 252 g/mol. The summed E-state index contributed by atoms with van der Waals surface area (Å²) in [5.74, 6) is 0.620. The van der Waals surface area contributed by atoms with Crippen LogP contribution in [0.2, 0.25) is 0 Å². The van der Waals surface area contributed by atoms with Crippen molar-refractivity contribution in [2.75, 3.05) is 24.6 Å². The van der Waals surface area contributed by atoms with Crippen molar-refractivity contribution < 1.29 is 4.79 Å². The first-order chi connectivity index (χ1) is 8.08. The summed E-state index contributed by atoms with van der Waals surface area (Å²) < 4.78 is 0. The number of benzene rings is 1. The minimum Gasteiger partial charge on any atom is -0.398 e. The summed E-state index contributed by atoms with van der Waals surface area (Å²) >= 11 is 1.51. The molecule has 0 fully saturated rings. The molecular weight excluding hydrogens is 232 g/mol. The zero-order chi connectivity index (χ0) is 12.8. The molecule has 0 bridgehead atoms. The summed E-state index contributed by atoms with van der Waals surface area (Å²) in [6.07, 6.45) is 0. The molecule has 1 rings (SSSR count). The molecule has 1 aromatic carbocycles. The zero-order valence-corrected chi connectivity index (χ0v) is 11.5. The van der Waals surface area contributed by atoms with Gasteiger partial charge in [-0.25, -0.2) is 0 Å². The summed E-state index contributed by atoms with van der Waals surface area (Å²) in [4.78, 5) is 14.6. The fraction of sp³-hybridized carbons (Fsp3) is 0.462. The van der Waals surface area contributed by atoms with E-state index in [1.807, 2.05) is 43.9 Å². The average molecular weight is 252 g/mol. The zero-order valence-electron chi connectivity index (χ0n) is 10.7. The van der Waals surface area contributed by atoms with E-state index in [0.29, 0.717) is 5.75 Å². The van der Waals surface area contributed by atoms with Crippen LogP contribution in [0.15, 0.2) is 23.1 Å². The first kappa shape index (κ1) is 13.9. The van der Waals surface area contributed by atoms with Crippen molar-refractivity contribution in [3.8, 4) is 0 Å². The number of amides is 1. The van der Waals surface area contributed by atoms with Gasteiger partial charge in [-0.1, -0.05) is 6.07 Å². The van der Waals surface area contributed by atoms with E-state index in [0.717, 1.165) is 29.2 Å². The fourth-order valence-corrected chi connectivity index (χ4v) is 2.46. The van der Waals surface area contributed by atoms with Gasteiger partial charge in [-0.15, -0.1) is 11.8 Å². The van der Waals surface area contributed by atoms with Gasteiger partial charge in [0.1, 0.15) is 0 Å². The molecule has 0 aliphatic heterocycles. The summed E-state index contributed by atoms with van der Waals surface area (Å²) in [6, 6.07) is 5.93. The molecule has 17 heavy (non-hydrogen) atoms. The van der Waals surface area contributed by atoms with Crippen LogP contribution in [0.4, 0.5) is 5.69 Å². The second-order valence-electron chi connectivity index (χ2n) is 3.90. The summed E-state index contributed by atoms with van der Waals surface area (Å²) in [5.41, 5.74) is 7.80. The highest BCUT2D eigenvalue weighted by Gasteiger charge is 2.10. The van der Waals surface area contributed by atoms with Crippen molar-refractivity contribution in [1.82, 2.24) is 4.90 Å². The lowest BCUT2D eigenvalue weighted by Crippen LogP contribution is -2.31. The van der Waals surface area contributed by atoms with E-state index in [9.17, 15) is 4.79 Å². The number of carbonyl (C=O) groups excluding carboxylic acids is 1. The molecule has 0 saturated heterocycles. The number of nitrogens with zero attached hydrogens (tertiary/aromatic N) is 1. The minimum absolute atomic E-state index is 0.167. The highest BCUT2D eigenvalue weighted by molar-refractivity contribution is 8.00. The van der Waals surface area contributed by atoms with Gasteiger partial charge in [0.25, 0.3) is 0 Å². The number of hydrogen-bond donors (Lipinski definition) is 1. The number of nitrogen functional groups attached to an aromatic ring is 1. The second kappa shape index (κ2) is 6.55. The van der Waals surface area contributed by atoms with E-state index in [1.54, 1.807) is 0 Å². The third-order valence-electron chi connectivity index (χ3n) is 2.63. The van der Waals surface area contributed by atoms with Crippen molar-refractivity contribution >= 4 is 23.4 Å². The molecule has 4 heteroatoms. The van der Waals surface area contributed by atoms with Crippen LogP contribution in [0.25, 0.3) is 0 Å². The highest BCUT2D eigenvalue weighted by Crippen LogP contribution is 2.25. The van der Waals surface area contributed by atoms with Crippen molar-refractivity contribution in [2.24, 2.45) is 0 Å². The summed E-state index contributed by atoms with van der Waals surface area (Å²) in [5, 5.41) is 0. The Bertz CT molecular complexity index is 389. The molecule has 0 radical (unpaired) electrons. The van der Waals surface area contributed by atoms with E-state index in [2.05, 4.69) is 0 Å². The molecule has 0 aliphatic rings. The number of hydrogen-bond acceptors (Lipinski definition) is 3. The summed E-state index contributed by atoms with van der Waals surface area (Å²) in [7, 11) is 0. The molecule has 1 aromatic rings. The van der Waals surface area contributed by atoms with Gasteiger partial charge in [-0.05, 0) is 38.5 Å². The SMILES string of the molecule is CCN(CC)C(=O)CSc1ccc(C)cc1N. The molecule has 0 aliphatic carbocycles. The first-order valence-corrected chi connectivity index (χ1v) is 6.83. The number of aryl methyl sites for hydroxylation is 1. The van der Waals surface area contributed by atoms with Crippen molar-refractivity contribution in [3.05, 3.63) is 23.8 Å². The summed E-state index contributed by atoms with van der Waals surface area (Å²) in [6.45, 7) is 7.52. The second-order valence-corrected chi connectivity index (χ2v) is 4.91. The molecule has 3 nitrogen and oxygen atoms in total. The van der Waals surface area contributed by atoms with Crippen LogP contribution in [0, 0.1) is 6.92 Å². The Morgan fingerprint density at radius 1 is 1.35 bits per heavy atom. The Morgan fingerprint density at radius 3 is 2.53 bits per heavy atom. The van der Waals surface area contributed by atoms with Crippen LogP contribution in [-0.4, -0.2) is 29.6 Å². The average Bonchev–Trinajstić information content (AvgIpc) is 2.29. The van der Waals surface area contributed by atoms with Crippen LogP contribution in [-0.2, 0) is 4.79 Å². The van der Waals surface area contributed by atoms with Gasteiger partial charge in [0.15, 0.2) is 0 Å². The van der Waals surface area contributed by atoms with Crippen molar-refractivity contribution in [1.29, 1.82) is 0 Å². The van der Waals surface area contributed by atoms with Crippen LogP contribution < -0.4 is 5.73 Å². The quantitative estimate of drug-likeness (QED) is 0.647. The lowest BCUT2D eigenvalue weighted by Gasteiger charge is -2.18. The Labute approximate surface area is 107 Å². The molecule has 0 heterocycles. The van der Waals surface area contributed by atoms with Crippen molar-refractivity contribution in [2.45, 2.75) is 25.7 Å². The molecule has 0 spiro atoms. The lowest BCUT2D eigenvalue weighted by atomic mass is 10.2. The number of thioether (sulfide) groups is 1. The Hall–Kier alpha value is -1.16. The van der Waals surface area contributed by atoms with Crippen LogP contribution in [0.5, 0.6) is 0 Å². The topological polar surface area (TPSA) is 46.3 Å². The third kappa shape index (κ3) is 3.97. The maximum atomic E-state index is 11.8. The van der Waals surface area contributed by atoms with E-state index in [1.165, 1.54) is 11.8 Å². The smallest absolute Gasteiger partial charge is 0.232 e. The van der Waals surface area contributed by atoms with Gasteiger partial charge in [0, 0.05) is 23.7 Å². The maximum Gasteiger partial charge on any atom is 0.232 e. The molecule has 1 amide bonds. The van der Waals surface area contributed by atoms with E-state index < -0.39 is 0 Å². The molecule has 0 atom stereocenters.